The number of amides is 2. The number of benzene rings is 1. The highest BCUT2D eigenvalue weighted by Crippen LogP contribution is 2.30. The number of hydrogen-bond donors (Lipinski definition) is 2. The molecule has 102 valence electrons. The van der Waals surface area contributed by atoms with E-state index in [0.29, 0.717) is 6.42 Å². The van der Waals surface area contributed by atoms with Crippen LogP contribution in [0.25, 0.3) is 0 Å². The van der Waals surface area contributed by atoms with Gasteiger partial charge >= 0.3 is 0 Å². The summed E-state index contributed by atoms with van der Waals surface area (Å²) in [6, 6.07) is 7.61. The molecule has 19 heavy (non-hydrogen) atoms. The number of carbonyl (C=O) groups excluding carboxylic acids is 2. The van der Waals surface area contributed by atoms with Gasteiger partial charge < -0.3 is 10.6 Å². The van der Waals surface area contributed by atoms with Crippen LogP contribution in [0.5, 0.6) is 0 Å². The summed E-state index contributed by atoms with van der Waals surface area (Å²) in [6.07, 6.45) is 2.49. The second-order valence-corrected chi connectivity index (χ2v) is 5.03. The van der Waals surface area contributed by atoms with Crippen molar-refractivity contribution in [1.29, 1.82) is 0 Å². The van der Waals surface area contributed by atoms with Gasteiger partial charge in [0.15, 0.2) is 0 Å². The van der Waals surface area contributed by atoms with E-state index in [2.05, 4.69) is 10.6 Å². The Morgan fingerprint density at radius 1 is 1.26 bits per heavy atom. The zero-order chi connectivity index (χ0) is 13.8. The quantitative estimate of drug-likeness (QED) is 0.855. The van der Waals surface area contributed by atoms with Gasteiger partial charge in [-0.25, -0.2) is 0 Å². The summed E-state index contributed by atoms with van der Waals surface area (Å²) in [7, 11) is 0. The second-order valence-electron chi connectivity index (χ2n) is 5.03. The van der Waals surface area contributed by atoms with Crippen LogP contribution in [-0.4, -0.2) is 11.8 Å². The molecule has 0 spiro atoms. The van der Waals surface area contributed by atoms with Crippen LogP contribution in [0.3, 0.4) is 0 Å². The normalized spacial score (nSPS) is 15.7. The first-order valence-corrected chi connectivity index (χ1v) is 6.80. The minimum Gasteiger partial charge on any atom is -0.350 e. The van der Waals surface area contributed by atoms with E-state index < -0.39 is 0 Å². The van der Waals surface area contributed by atoms with Crippen LogP contribution in [0.1, 0.15) is 44.7 Å². The lowest BCUT2D eigenvalue weighted by Gasteiger charge is -2.14. The summed E-state index contributed by atoms with van der Waals surface area (Å²) in [5.41, 5.74) is 1.85. The van der Waals surface area contributed by atoms with Crippen molar-refractivity contribution in [3.63, 3.8) is 0 Å². The maximum absolute atomic E-state index is 11.6. The minimum atomic E-state index is -0.0133. The van der Waals surface area contributed by atoms with Gasteiger partial charge in [0.25, 0.3) is 0 Å². The smallest absolute Gasteiger partial charge is 0.227 e. The Balaban J connectivity index is 1.93. The maximum atomic E-state index is 11.6. The fourth-order valence-corrected chi connectivity index (χ4v) is 1.87. The van der Waals surface area contributed by atoms with Crippen molar-refractivity contribution in [2.45, 2.75) is 39.2 Å². The van der Waals surface area contributed by atoms with Crippen LogP contribution < -0.4 is 10.6 Å². The lowest BCUT2D eigenvalue weighted by Crippen LogP contribution is -2.25. The third-order valence-corrected chi connectivity index (χ3v) is 3.32. The van der Waals surface area contributed by atoms with Crippen molar-refractivity contribution >= 4 is 17.5 Å². The molecular weight excluding hydrogens is 240 g/mol. The fourth-order valence-electron chi connectivity index (χ4n) is 1.87. The molecule has 1 atom stereocenters. The van der Waals surface area contributed by atoms with E-state index in [9.17, 15) is 9.59 Å². The van der Waals surface area contributed by atoms with E-state index >= 15 is 0 Å². The number of hydrogen-bond acceptors (Lipinski definition) is 2. The molecule has 0 aliphatic heterocycles. The number of rotatable bonds is 5. The molecule has 0 heterocycles. The third kappa shape index (κ3) is 3.81. The van der Waals surface area contributed by atoms with E-state index in [-0.39, 0.29) is 23.8 Å². The molecule has 2 amide bonds. The van der Waals surface area contributed by atoms with Crippen molar-refractivity contribution in [3.8, 4) is 0 Å². The SMILES string of the molecule is CCC(=O)NC(C)c1ccc(NC(=O)C2CC2)cc1. The number of carbonyl (C=O) groups is 2. The molecule has 1 unspecified atom stereocenters. The Morgan fingerprint density at radius 2 is 1.89 bits per heavy atom. The van der Waals surface area contributed by atoms with Crippen molar-refractivity contribution in [2.24, 2.45) is 5.92 Å². The van der Waals surface area contributed by atoms with E-state index in [0.717, 1.165) is 24.1 Å². The molecule has 2 N–H and O–H groups in total. The second kappa shape index (κ2) is 5.87. The lowest BCUT2D eigenvalue weighted by atomic mass is 10.1. The molecule has 1 aliphatic rings. The van der Waals surface area contributed by atoms with Gasteiger partial charge in [-0.2, -0.15) is 0 Å². The molecule has 1 fully saturated rings. The van der Waals surface area contributed by atoms with E-state index in [1.165, 1.54) is 0 Å². The van der Waals surface area contributed by atoms with Crippen molar-refractivity contribution in [3.05, 3.63) is 29.8 Å². The topological polar surface area (TPSA) is 58.2 Å². The summed E-state index contributed by atoms with van der Waals surface area (Å²) in [4.78, 5) is 22.9. The van der Waals surface area contributed by atoms with Gasteiger partial charge in [-0.1, -0.05) is 19.1 Å². The summed E-state index contributed by atoms with van der Waals surface area (Å²) < 4.78 is 0. The van der Waals surface area contributed by atoms with Crippen LogP contribution in [-0.2, 0) is 9.59 Å². The van der Waals surface area contributed by atoms with Gasteiger partial charge in [0, 0.05) is 18.0 Å². The van der Waals surface area contributed by atoms with Crippen LogP contribution in [0.4, 0.5) is 5.69 Å². The Kier molecular flexibility index (Phi) is 4.20. The van der Waals surface area contributed by atoms with Crippen molar-refractivity contribution in [1.82, 2.24) is 5.32 Å². The molecular formula is C15H20N2O2. The van der Waals surface area contributed by atoms with Gasteiger partial charge in [-0.15, -0.1) is 0 Å². The summed E-state index contributed by atoms with van der Waals surface area (Å²) >= 11 is 0. The average molecular weight is 260 g/mol. The molecule has 0 saturated heterocycles. The number of nitrogens with one attached hydrogen (secondary N) is 2. The largest absolute Gasteiger partial charge is 0.350 e. The zero-order valence-corrected chi connectivity index (χ0v) is 11.4. The standard InChI is InChI=1S/C15H20N2O2/c1-3-14(18)16-10(2)11-6-8-13(9-7-11)17-15(19)12-4-5-12/h6-10,12H,3-5H2,1-2H3,(H,16,18)(H,17,19). The predicted octanol–water partition coefficient (Wildman–Crippen LogP) is 2.62. The molecule has 1 saturated carbocycles. The minimum absolute atomic E-state index is 0.0133. The first-order valence-electron chi connectivity index (χ1n) is 6.80. The van der Waals surface area contributed by atoms with Crippen molar-refractivity contribution < 1.29 is 9.59 Å². The highest BCUT2D eigenvalue weighted by Gasteiger charge is 2.29. The first-order chi connectivity index (χ1) is 9.10. The maximum Gasteiger partial charge on any atom is 0.227 e. The molecule has 1 aromatic carbocycles. The summed E-state index contributed by atoms with van der Waals surface area (Å²) in [5, 5.41) is 5.80. The molecule has 4 nitrogen and oxygen atoms in total. The van der Waals surface area contributed by atoms with Crippen LogP contribution in [0, 0.1) is 5.92 Å². The number of anilines is 1. The lowest BCUT2D eigenvalue weighted by molar-refractivity contribution is -0.121. The first kappa shape index (κ1) is 13.6. The van der Waals surface area contributed by atoms with Crippen LogP contribution in [0.2, 0.25) is 0 Å². The molecule has 2 rings (SSSR count). The highest BCUT2D eigenvalue weighted by atomic mass is 16.2. The Hall–Kier alpha value is -1.84. The van der Waals surface area contributed by atoms with E-state index in [1.54, 1.807) is 0 Å². The van der Waals surface area contributed by atoms with E-state index in [4.69, 9.17) is 0 Å². The summed E-state index contributed by atoms with van der Waals surface area (Å²) in [6.45, 7) is 3.78. The Morgan fingerprint density at radius 3 is 2.42 bits per heavy atom. The fraction of sp³-hybridized carbons (Fsp3) is 0.467. The van der Waals surface area contributed by atoms with Crippen molar-refractivity contribution in [2.75, 3.05) is 5.32 Å². The zero-order valence-electron chi connectivity index (χ0n) is 11.4. The molecule has 1 aromatic rings. The molecule has 4 heteroatoms. The molecule has 0 aromatic heterocycles. The van der Waals surface area contributed by atoms with E-state index in [1.807, 2.05) is 38.1 Å². The monoisotopic (exact) mass is 260 g/mol. The Labute approximate surface area is 113 Å². The van der Waals surface area contributed by atoms with Crippen LogP contribution >= 0.6 is 0 Å². The van der Waals surface area contributed by atoms with Gasteiger partial charge in [-0.05, 0) is 37.5 Å². The molecule has 1 aliphatic carbocycles. The van der Waals surface area contributed by atoms with Gasteiger partial charge in [0.2, 0.25) is 11.8 Å². The Bertz CT molecular complexity index is 464. The predicted molar refractivity (Wildman–Crippen MR) is 74.6 cm³/mol. The summed E-state index contributed by atoms with van der Waals surface area (Å²) in [5.74, 6) is 0.362. The van der Waals surface area contributed by atoms with Gasteiger partial charge in [0.1, 0.15) is 0 Å². The van der Waals surface area contributed by atoms with Crippen LogP contribution in [0.15, 0.2) is 24.3 Å². The molecule has 0 bridgehead atoms. The average Bonchev–Trinajstić information content (AvgIpc) is 3.23. The van der Waals surface area contributed by atoms with Gasteiger partial charge in [0.05, 0.1) is 6.04 Å². The third-order valence-electron chi connectivity index (χ3n) is 3.32. The highest BCUT2D eigenvalue weighted by molar-refractivity contribution is 5.94. The molecule has 0 radical (unpaired) electrons. The van der Waals surface area contributed by atoms with Gasteiger partial charge in [-0.3, -0.25) is 9.59 Å².